The van der Waals surface area contributed by atoms with Crippen molar-refractivity contribution in [2.24, 2.45) is 16.5 Å². The molecule has 0 spiro atoms. The molecule has 1 aromatic heterocycles. The summed E-state index contributed by atoms with van der Waals surface area (Å²) in [6.07, 6.45) is 2.52. The summed E-state index contributed by atoms with van der Waals surface area (Å²) in [4.78, 5) is 10.6. The van der Waals surface area contributed by atoms with Crippen LogP contribution in [-0.2, 0) is 5.92 Å². The summed E-state index contributed by atoms with van der Waals surface area (Å²) in [5, 5.41) is 0.513. The number of aromatic nitrogens is 2. The molecular formula is C18H15F3N5+. The number of aromatic amines is 1. The third kappa shape index (κ3) is 3.34. The Kier molecular flexibility index (Phi) is 4.57. The predicted molar refractivity (Wildman–Crippen MR) is 92.3 cm³/mol. The third-order valence-electron chi connectivity index (χ3n) is 3.64. The molecule has 0 saturated carbocycles. The molecule has 0 bridgehead atoms. The van der Waals surface area contributed by atoms with E-state index in [-0.39, 0.29) is 11.7 Å². The quantitative estimate of drug-likeness (QED) is 0.555. The summed E-state index contributed by atoms with van der Waals surface area (Å²) in [5.74, 6) is -4.57. The van der Waals surface area contributed by atoms with E-state index in [2.05, 4.69) is 15.0 Å². The summed E-state index contributed by atoms with van der Waals surface area (Å²) in [5.41, 5.74) is 10.9. The first-order chi connectivity index (χ1) is 12.4. The Bertz CT molecular complexity index is 997. The smallest absolute Gasteiger partial charge is 0.359 e. The Balaban J connectivity index is 2.20. The average Bonchev–Trinajstić information content (AvgIpc) is 2.62. The lowest BCUT2D eigenvalue weighted by atomic mass is 10.1. The highest BCUT2D eigenvalue weighted by molar-refractivity contribution is 5.96. The number of hydrogen-bond acceptors (Lipinski definition) is 3. The van der Waals surface area contributed by atoms with Gasteiger partial charge in [0.1, 0.15) is 5.82 Å². The Hall–Kier alpha value is -3.42. The van der Waals surface area contributed by atoms with E-state index < -0.39 is 23.1 Å². The van der Waals surface area contributed by atoms with Crippen molar-refractivity contribution in [3.63, 3.8) is 0 Å². The van der Waals surface area contributed by atoms with E-state index in [0.29, 0.717) is 10.9 Å². The molecular weight excluding hydrogens is 343 g/mol. The van der Waals surface area contributed by atoms with Crippen LogP contribution in [0.1, 0.15) is 11.4 Å². The van der Waals surface area contributed by atoms with Crippen molar-refractivity contribution in [1.29, 1.82) is 0 Å². The van der Waals surface area contributed by atoms with Crippen molar-refractivity contribution in [2.75, 3.05) is 0 Å². The zero-order valence-electron chi connectivity index (χ0n) is 13.5. The Morgan fingerprint density at radius 3 is 2.50 bits per heavy atom. The molecule has 0 amide bonds. The summed E-state index contributed by atoms with van der Waals surface area (Å²) in [6, 6.07) is 10.6. The van der Waals surface area contributed by atoms with Gasteiger partial charge in [-0.15, -0.1) is 4.98 Å². The van der Waals surface area contributed by atoms with Crippen LogP contribution in [0.15, 0.2) is 65.8 Å². The molecule has 0 saturated heterocycles. The highest BCUT2D eigenvalue weighted by Gasteiger charge is 2.42. The second-order valence-corrected chi connectivity index (χ2v) is 5.43. The average molecular weight is 358 g/mol. The monoisotopic (exact) mass is 358 g/mol. The van der Waals surface area contributed by atoms with Crippen LogP contribution in [0, 0.1) is 5.82 Å². The molecule has 0 aliphatic rings. The van der Waals surface area contributed by atoms with E-state index in [9.17, 15) is 13.2 Å². The van der Waals surface area contributed by atoms with Gasteiger partial charge in [-0.05, 0) is 42.6 Å². The highest BCUT2D eigenvalue weighted by Crippen LogP contribution is 2.34. The fourth-order valence-electron chi connectivity index (χ4n) is 2.40. The maximum absolute atomic E-state index is 14.9. The van der Waals surface area contributed by atoms with Crippen LogP contribution in [0.25, 0.3) is 10.9 Å². The molecule has 1 heterocycles. The lowest BCUT2D eigenvalue weighted by Crippen LogP contribution is -2.29. The number of nitrogens with two attached hydrogens (primary N) is 2. The molecule has 0 aliphatic heterocycles. The highest BCUT2D eigenvalue weighted by atomic mass is 19.3. The van der Waals surface area contributed by atoms with Gasteiger partial charge in [0.25, 0.3) is 5.82 Å². The third-order valence-corrected chi connectivity index (χ3v) is 3.64. The summed E-state index contributed by atoms with van der Waals surface area (Å²) >= 11 is 0. The molecule has 5 nitrogen and oxygen atoms in total. The largest absolute Gasteiger partial charge is 0.404 e. The molecule has 0 radical (unpaired) electrons. The first kappa shape index (κ1) is 17.4. The molecule has 3 aromatic rings. The number of H-pyrrole nitrogens is 1. The van der Waals surface area contributed by atoms with E-state index in [1.165, 1.54) is 12.3 Å². The number of alkyl halides is 2. The molecule has 2 aromatic carbocycles. The summed E-state index contributed by atoms with van der Waals surface area (Å²) < 4.78 is 42.8. The maximum Gasteiger partial charge on any atom is 0.359 e. The van der Waals surface area contributed by atoms with Crippen LogP contribution < -0.4 is 16.5 Å². The number of nitrogens with one attached hydrogen (secondary N) is 1. The normalized spacial score (nSPS) is 12.8. The van der Waals surface area contributed by atoms with Crippen LogP contribution in [0.4, 0.5) is 19.0 Å². The van der Waals surface area contributed by atoms with Crippen molar-refractivity contribution in [2.45, 2.75) is 5.92 Å². The minimum atomic E-state index is -3.49. The standard InChI is InChI=1S/C18H14F3N5/c19-12-7-5-11(6-8-12)18(20,21)17-24-14-4-2-1-3-13(14)16(26-17)25-15(23)9-10-22/h1-10H,22H2,(H2,23,24,25,26)/p+1/b10-9-. The van der Waals surface area contributed by atoms with E-state index in [1.54, 1.807) is 24.3 Å². The van der Waals surface area contributed by atoms with Crippen LogP contribution >= 0.6 is 0 Å². The fourth-order valence-corrected chi connectivity index (χ4v) is 2.40. The number of fused-ring (bicyclic) bond motifs is 1. The number of aliphatic imine (C=N–C) groups is 1. The van der Waals surface area contributed by atoms with Crippen LogP contribution in [-0.4, -0.2) is 10.8 Å². The summed E-state index contributed by atoms with van der Waals surface area (Å²) in [7, 11) is 0. The van der Waals surface area contributed by atoms with Crippen molar-refractivity contribution in [3.05, 3.63) is 78.0 Å². The van der Waals surface area contributed by atoms with E-state index in [4.69, 9.17) is 11.5 Å². The first-order valence-corrected chi connectivity index (χ1v) is 7.60. The molecule has 0 aliphatic carbocycles. The van der Waals surface area contributed by atoms with E-state index in [1.807, 2.05) is 0 Å². The second kappa shape index (κ2) is 6.83. The SMILES string of the molecule is N/C=C\C(N)=Nc1[nH+]c(C(F)(F)c2ccc(F)cc2)nc2ccccc12. The minimum absolute atomic E-state index is 0.0381. The maximum atomic E-state index is 14.9. The molecule has 26 heavy (non-hydrogen) atoms. The number of benzene rings is 2. The lowest BCUT2D eigenvalue weighted by Gasteiger charge is -2.13. The fraction of sp³-hybridized carbons (Fsp3) is 0.0556. The Morgan fingerprint density at radius 2 is 1.81 bits per heavy atom. The number of halogens is 3. The van der Waals surface area contributed by atoms with Crippen LogP contribution in [0.2, 0.25) is 0 Å². The van der Waals surface area contributed by atoms with Gasteiger partial charge in [0, 0.05) is 11.6 Å². The number of rotatable bonds is 4. The number of nitrogens with zero attached hydrogens (tertiary/aromatic N) is 2. The predicted octanol–water partition coefficient (Wildman–Crippen LogP) is 2.79. The van der Waals surface area contributed by atoms with Gasteiger partial charge < -0.3 is 11.5 Å². The Morgan fingerprint density at radius 1 is 1.12 bits per heavy atom. The lowest BCUT2D eigenvalue weighted by molar-refractivity contribution is -0.399. The van der Waals surface area contributed by atoms with Gasteiger partial charge in [0.2, 0.25) is 5.84 Å². The van der Waals surface area contributed by atoms with Gasteiger partial charge in [-0.3, -0.25) is 0 Å². The number of hydrogen-bond donors (Lipinski definition) is 2. The van der Waals surface area contributed by atoms with Gasteiger partial charge in [0.15, 0.2) is 5.52 Å². The number of para-hydroxylation sites is 1. The van der Waals surface area contributed by atoms with E-state index >= 15 is 0 Å². The van der Waals surface area contributed by atoms with Gasteiger partial charge in [0.05, 0.1) is 5.39 Å². The summed E-state index contributed by atoms with van der Waals surface area (Å²) in [6.45, 7) is 0. The molecule has 0 fully saturated rings. The van der Waals surface area contributed by atoms with Crippen molar-refractivity contribution in [3.8, 4) is 0 Å². The van der Waals surface area contributed by atoms with Gasteiger partial charge in [-0.25, -0.2) is 9.37 Å². The number of amidine groups is 1. The molecule has 3 rings (SSSR count). The van der Waals surface area contributed by atoms with Crippen molar-refractivity contribution in [1.82, 2.24) is 4.98 Å². The van der Waals surface area contributed by atoms with Crippen molar-refractivity contribution >= 4 is 22.6 Å². The zero-order valence-corrected chi connectivity index (χ0v) is 13.5. The first-order valence-electron chi connectivity index (χ1n) is 7.60. The van der Waals surface area contributed by atoms with Crippen LogP contribution in [0.3, 0.4) is 0 Å². The Labute approximate surface area is 146 Å². The van der Waals surface area contributed by atoms with Crippen molar-refractivity contribution < 1.29 is 18.2 Å². The van der Waals surface area contributed by atoms with Gasteiger partial charge >= 0.3 is 11.7 Å². The second-order valence-electron chi connectivity index (χ2n) is 5.43. The molecule has 5 N–H and O–H groups in total. The van der Waals surface area contributed by atoms with Gasteiger partial charge in [-0.2, -0.15) is 8.78 Å². The molecule has 132 valence electrons. The topological polar surface area (TPSA) is 91.4 Å². The minimum Gasteiger partial charge on any atom is -0.404 e. The molecule has 0 atom stereocenters. The zero-order chi connectivity index (χ0) is 18.7. The van der Waals surface area contributed by atoms with Gasteiger partial charge in [-0.1, -0.05) is 17.1 Å². The van der Waals surface area contributed by atoms with Crippen LogP contribution in [0.5, 0.6) is 0 Å². The van der Waals surface area contributed by atoms with E-state index in [0.717, 1.165) is 24.3 Å². The molecule has 0 unspecified atom stereocenters. The molecule has 8 heteroatoms.